The van der Waals surface area contributed by atoms with Crippen LogP contribution in [-0.2, 0) is 4.79 Å². The largest absolute Gasteiger partial charge is 0.374 e. The Bertz CT molecular complexity index is 462. The maximum atomic E-state index is 13.4. The summed E-state index contributed by atoms with van der Waals surface area (Å²) in [6.07, 6.45) is 2.03. The molecule has 1 N–H and O–H groups in total. The molecule has 0 aromatic heterocycles. The van der Waals surface area contributed by atoms with Gasteiger partial charge in [-0.2, -0.15) is 0 Å². The Labute approximate surface area is 112 Å². The molecule has 98 valence electrons. The average Bonchev–Trinajstić information content (AvgIpc) is 2.85. The van der Waals surface area contributed by atoms with Crippen LogP contribution in [0.2, 0.25) is 0 Å². The molecule has 3 nitrogen and oxygen atoms in total. The molecule has 18 heavy (non-hydrogen) atoms. The molecule has 1 heterocycles. The average molecular weight is 319 g/mol. The second kappa shape index (κ2) is 5.65. The quantitative estimate of drug-likeness (QED) is 0.869. The van der Waals surface area contributed by atoms with E-state index in [4.69, 9.17) is 0 Å². The normalized spacial score (nSPS) is 14.9. The smallest absolute Gasteiger partial charge is 0.241 e. The van der Waals surface area contributed by atoms with Gasteiger partial charge in [0, 0.05) is 19.2 Å². The van der Waals surface area contributed by atoms with E-state index in [0.717, 1.165) is 32.0 Å². The molecule has 1 aromatic carbocycles. The third-order valence-electron chi connectivity index (χ3n) is 2.90. The molecular formula is C12H13BrF2N2O. The summed E-state index contributed by atoms with van der Waals surface area (Å²) in [4.78, 5) is 13.5. The molecule has 1 aliphatic heterocycles. The van der Waals surface area contributed by atoms with Gasteiger partial charge in [-0.3, -0.25) is 4.79 Å². The maximum absolute atomic E-state index is 13.4. The van der Waals surface area contributed by atoms with Crippen molar-refractivity contribution in [3.8, 4) is 0 Å². The summed E-state index contributed by atoms with van der Waals surface area (Å²) in [7, 11) is 0. The summed E-state index contributed by atoms with van der Waals surface area (Å²) >= 11 is 2.98. The number of rotatable bonds is 3. The highest BCUT2D eigenvalue weighted by Crippen LogP contribution is 2.23. The fraction of sp³-hybridized carbons (Fsp3) is 0.417. The molecule has 0 bridgehead atoms. The Balaban J connectivity index is 1.97. The van der Waals surface area contributed by atoms with Gasteiger partial charge in [-0.05, 0) is 34.8 Å². The fourth-order valence-corrected chi connectivity index (χ4v) is 2.25. The number of anilines is 1. The second-order valence-electron chi connectivity index (χ2n) is 4.19. The van der Waals surface area contributed by atoms with Gasteiger partial charge >= 0.3 is 0 Å². The summed E-state index contributed by atoms with van der Waals surface area (Å²) in [5, 5.41) is 2.69. The van der Waals surface area contributed by atoms with Crippen LogP contribution in [0.1, 0.15) is 12.8 Å². The van der Waals surface area contributed by atoms with Crippen LogP contribution in [-0.4, -0.2) is 30.4 Å². The minimum atomic E-state index is -0.704. The number of hydrogen-bond donors (Lipinski definition) is 1. The second-order valence-corrected chi connectivity index (χ2v) is 5.04. The van der Waals surface area contributed by atoms with E-state index in [1.807, 2.05) is 0 Å². The van der Waals surface area contributed by atoms with Crippen molar-refractivity contribution in [3.63, 3.8) is 0 Å². The van der Waals surface area contributed by atoms with Crippen molar-refractivity contribution in [1.29, 1.82) is 0 Å². The van der Waals surface area contributed by atoms with Crippen molar-refractivity contribution in [2.45, 2.75) is 12.8 Å². The highest BCUT2D eigenvalue weighted by molar-refractivity contribution is 9.10. The minimum absolute atomic E-state index is 0.0228. The van der Waals surface area contributed by atoms with E-state index in [2.05, 4.69) is 21.2 Å². The molecule has 0 atom stereocenters. The minimum Gasteiger partial charge on any atom is -0.374 e. The van der Waals surface area contributed by atoms with Gasteiger partial charge < -0.3 is 10.2 Å². The predicted octanol–water partition coefficient (Wildman–Crippen LogP) is 2.76. The van der Waals surface area contributed by atoms with E-state index in [1.165, 1.54) is 6.07 Å². The van der Waals surface area contributed by atoms with Gasteiger partial charge in [-0.1, -0.05) is 0 Å². The molecule has 0 saturated carbocycles. The Hall–Kier alpha value is -1.17. The van der Waals surface area contributed by atoms with Crippen LogP contribution in [0.15, 0.2) is 16.6 Å². The van der Waals surface area contributed by atoms with Crippen LogP contribution in [0.4, 0.5) is 14.5 Å². The lowest BCUT2D eigenvalue weighted by atomic mass is 10.3. The number of nitrogens with one attached hydrogen (secondary N) is 1. The fourth-order valence-electron chi connectivity index (χ4n) is 1.91. The van der Waals surface area contributed by atoms with Crippen LogP contribution in [0.25, 0.3) is 0 Å². The zero-order chi connectivity index (χ0) is 13.1. The molecule has 1 amide bonds. The molecule has 6 heteroatoms. The SMILES string of the molecule is O=C(CNc1cc(Br)c(F)cc1F)N1CCCC1. The van der Waals surface area contributed by atoms with Crippen LogP contribution in [0.3, 0.4) is 0 Å². The van der Waals surface area contributed by atoms with Gasteiger partial charge in [0.2, 0.25) is 5.91 Å². The molecule has 0 spiro atoms. The lowest BCUT2D eigenvalue weighted by molar-refractivity contribution is -0.128. The number of amides is 1. The van der Waals surface area contributed by atoms with Crippen molar-refractivity contribution in [1.82, 2.24) is 4.90 Å². The predicted molar refractivity (Wildman–Crippen MR) is 68.4 cm³/mol. The maximum Gasteiger partial charge on any atom is 0.241 e. The number of carbonyl (C=O) groups is 1. The Morgan fingerprint density at radius 3 is 2.61 bits per heavy atom. The molecule has 0 unspecified atom stereocenters. The van der Waals surface area contributed by atoms with E-state index in [-0.39, 0.29) is 22.6 Å². The number of nitrogens with zero attached hydrogens (tertiary/aromatic N) is 1. The highest BCUT2D eigenvalue weighted by Gasteiger charge is 2.18. The van der Waals surface area contributed by atoms with Gasteiger partial charge in [0.25, 0.3) is 0 Å². The lowest BCUT2D eigenvalue weighted by Crippen LogP contribution is -2.33. The van der Waals surface area contributed by atoms with Gasteiger partial charge in [-0.15, -0.1) is 0 Å². The van der Waals surface area contributed by atoms with Crippen LogP contribution >= 0.6 is 15.9 Å². The van der Waals surface area contributed by atoms with Crippen molar-refractivity contribution in [2.24, 2.45) is 0 Å². The van der Waals surface area contributed by atoms with E-state index in [0.29, 0.717) is 0 Å². The summed E-state index contributed by atoms with van der Waals surface area (Å²) in [6.45, 7) is 1.54. The molecular weight excluding hydrogens is 306 g/mol. The monoisotopic (exact) mass is 318 g/mol. The molecule has 2 rings (SSSR count). The van der Waals surface area contributed by atoms with E-state index >= 15 is 0 Å². The number of hydrogen-bond acceptors (Lipinski definition) is 2. The number of likely N-dealkylation sites (tertiary alicyclic amines) is 1. The lowest BCUT2D eigenvalue weighted by Gasteiger charge is -2.16. The van der Waals surface area contributed by atoms with Gasteiger partial charge in [0.1, 0.15) is 11.6 Å². The third kappa shape index (κ3) is 2.98. The Morgan fingerprint density at radius 1 is 1.28 bits per heavy atom. The molecule has 0 aliphatic carbocycles. The Morgan fingerprint density at radius 2 is 1.94 bits per heavy atom. The first kappa shape index (κ1) is 13.3. The zero-order valence-electron chi connectivity index (χ0n) is 9.68. The molecule has 1 fully saturated rings. The first-order valence-corrected chi connectivity index (χ1v) is 6.53. The van der Waals surface area contributed by atoms with Crippen LogP contribution in [0.5, 0.6) is 0 Å². The number of carbonyl (C=O) groups excluding carboxylic acids is 1. The van der Waals surface area contributed by atoms with Gasteiger partial charge in [-0.25, -0.2) is 8.78 Å². The standard InChI is InChI=1S/C12H13BrF2N2O/c13-8-5-11(10(15)6-9(8)14)16-7-12(18)17-3-1-2-4-17/h5-6,16H,1-4,7H2. The van der Waals surface area contributed by atoms with Crippen molar-refractivity contribution in [2.75, 3.05) is 25.0 Å². The van der Waals surface area contributed by atoms with Crippen LogP contribution < -0.4 is 5.32 Å². The summed E-state index contributed by atoms with van der Waals surface area (Å²) in [6, 6.07) is 2.08. The highest BCUT2D eigenvalue weighted by atomic mass is 79.9. The van der Waals surface area contributed by atoms with Crippen molar-refractivity contribution >= 4 is 27.5 Å². The first-order valence-electron chi connectivity index (χ1n) is 5.74. The topological polar surface area (TPSA) is 32.3 Å². The summed E-state index contributed by atoms with van der Waals surface area (Å²) in [5.41, 5.74) is 0.121. The van der Waals surface area contributed by atoms with Crippen LogP contribution in [0, 0.1) is 11.6 Å². The summed E-state index contributed by atoms with van der Waals surface area (Å²) < 4.78 is 26.6. The molecule has 1 saturated heterocycles. The molecule has 1 aliphatic rings. The molecule has 0 radical (unpaired) electrons. The van der Waals surface area contributed by atoms with Crippen molar-refractivity contribution in [3.05, 3.63) is 28.2 Å². The van der Waals surface area contributed by atoms with E-state index < -0.39 is 11.6 Å². The summed E-state index contributed by atoms with van der Waals surface area (Å²) in [5.74, 6) is -1.43. The van der Waals surface area contributed by atoms with Gasteiger partial charge in [0.05, 0.1) is 16.7 Å². The molecule has 1 aromatic rings. The number of halogens is 3. The zero-order valence-corrected chi connectivity index (χ0v) is 11.3. The van der Waals surface area contributed by atoms with E-state index in [9.17, 15) is 13.6 Å². The third-order valence-corrected chi connectivity index (χ3v) is 3.51. The van der Waals surface area contributed by atoms with Crippen molar-refractivity contribution < 1.29 is 13.6 Å². The van der Waals surface area contributed by atoms with E-state index in [1.54, 1.807) is 4.90 Å². The first-order chi connectivity index (χ1) is 8.58. The van der Waals surface area contributed by atoms with Gasteiger partial charge in [0.15, 0.2) is 0 Å². The number of benzene rings is 1. The Kier molecular flexibility index (Phi) is 4.16.